The van der Waals surface area contributed by atoms with Crippen LogP contribution in [0.3, 0.4) is 0 Å². The lowest BCUT2D eigenvalue weighted by Crippen LogP contribution is -2.47. The van der Waals surface area contributed by atoms with Gasteiger partial charge in [-0.25, -0.2) is 0 Å². The van der Waals surface area contributed by atoms with E-state index in [2.05, 4.69) is 23.5 Å². The smallest absolute Gasteiger partial charge is 0.253 e. The maximum absolute atomic E-state index is 11.7. The van der Waals surface area contributed by atoms with E-state index in [1.807, 2.05) is 36.9 Å². The molecule has 0 saturated heterocycles. The first kappa shape index (κ1) is 14.7. The molecule has 0 fully saturated rings. The molecule has 2 N–H and O–H groups in total. The van der Waals surface area contributed by atoms with Gasteiger partial charge in [0, 0.05) is 10.2 Å². The molecule has 1 unspecified atom stereocenters. The minimum atomic E-state index is -0.571. The van der Waals surface area contributed by atoms with Crippen molar-refractivity contribution in [3.05, 3.63) is 0 Å². The van der Waals surface area contributed by atoms with Crippen molar-refractivity contribution >= 4 is 33.4 Å². The fraction of sp³-hybridized carbons (Fsp3) is 0.778. The highest BCUT2D eigenvalue weighted by Gasteiger charge is 2.33. The second-order valence-electron chi connectivity index (χ2n) is 4.82. The molecule has 1 atom stereocenters. The molecule has 0 saturated carbocycles. The van der Waals surface area contributed by atoms with Crippen LogP contribution in [0.15, 0.2) is 0 Å². The Labute approximate surface area is 98.5 Å². The molecule has 0 heterocycles. The van der Waals surface area contributed by atoms with Gasteiger partial charge >= 0.3 is 0 Å². The van der Waals surface area contributed by atoms with E-state index in [0.29, 0.717) is 6.42 Å². The summed E-state index contributed by atoms with van der Waals surface area (Å²) in [7, 11) is 1.92. The Bertz CT molecular complexity index is 261. The second kappa shape index (κ2) is 5.17. The molecule has 0 aromatic rings. The lowest BCUT2D eigenvalue weighted by molar-refractivity contribution is -0.130. The Kier molecular flexibility index (Phi) is 5.07. The Balaban J connectivity index is 4.33. The van der Waals surface area contributed by atoms with Crippen molar-refractivity contribution in [2.24, 2.45) is 5.41 Å². The van der Waals surface area contributed by atoms with Gasteiger partial charge in [0.15, 0.2) is 0 Å². The molecule has 6 heteroatoms. The normalized spacial score (nSPS) is 12.1. The van der Waals surface area contributed by atoms with E-state index in [1.54, 1.807) is 0 Å². The van der Waals surface area contributed by atoms with E-state index in [4.69, 9.17) is 0 Å². The van der Waals surface area contributed by atoms with Gasteiger partial charge in [0.25, 0.3) is 5.65 Å². The number of carbonyl (C=O) groups is 2. The van der Waals surface area contributed by atoms with Gasteiger partial charge in [0.1, 0.15) is 0 Å². The van der Waals surface area contributed by atoms with Crippen molar-refractivity contribution in [3.63, 3.8) is 0 Å². The predicted molar refractivity (Wildman–Crippen MR) is 67.8 cm³/mol. The molecule has 2 amide bonds. The average molecular weight is 250 g/mol. The van der Waals surface area contributed by atoms with E-state index in [-0.39, 0.29) is 16.3 Å². The summed E-state index contributed by atoms with van der Waals surface area (Å²) in [6.07, 6.45) is 0.613. The van der Waals surface area contributed by atoms with E-state index in [9.17, 15) is 9.59 Å². The van der Waals surface area contributed by atoms with Gasteiger partial charge in [0.05, 0.1) is 0 Å². The van der Waals surface area contributed by atoms with E-state index in [1.165, 1.54) is 0 Å². The molecule has 0 aromatic carbocycles. The van der Waals surface area contributed by atoms with Crippen molar-refractivity contribution in [2.75, 3.05) is 0 Å². The van der Waals surface area contributed by atoms with E-state index < -0.39 is 5.41 Å². The fourth-order valence-electron chi connectivity index (χ4n) is 1.45. The van der Waals surface area contributed by atoms with Gasteiger partial charge in [-0.3, -0.25) is 20.4 Å². The Morgan fingerprint density at radius 3 is 2.00 bits per heavy atom. The van der Waals surface area contributed by atoms with Crippen LogP contribution in [0.1, 0.15) is 34.1 Å². The quantitative estimate of drug-likeness (QED) is 0.406. The molecule has 0 aliphatic carbocycles. The first-order chi connectivity index (χ1) is 6.54. The van der Waals surface area contributed by atoms with Gasteiger partial charge in [-0.15, -0.1) is 0 Å². The molecule has 0 aliphatic heterocycles. The van der Waals surface area contributed by atoms with Crippen LogP contribution in [0.25, 0.3) is 0 Å². The number of amides is 2. The molecular weight excluding hydrogens is 231 g/mol. The van der Waals surface area contributed by atoms with Gasteiger partial charge in [-0.05, 0) is 15.7 Å². The summed E-state index contributed by atoms with van der Waals surface area (Å²) < 4.78 is -0.230. The molecular formula is C9H19N2O2PS. The highest BCUT2D eigenvalue weighted by molar-refractivity contribution is 7.81. The van der Waals surface area contributed by atoms with Gasteiger partial charge in [-0.1, -0.05) is 27.7 Å². The molecule has 88 valence electrons. The van der Waals surface area contributed by atoms with Crippen molar-refractivity contribution < 1.29 is 9.59 Å². The average Bonchev–Trinajstić information content (AvgIpc) is 1.94. The highest BCUT2D eigenvalue weighted by atomic mass is 32.1. The Morgan fingerprint density at radius 1 is 1.20 bits per heavy atom. The summed E-state index contributed by atoms with van der Waals surface area (Å²) in [5.41, 5.74) is 3.65. The van der Waals surface area contributed by atoms with Crippen LogP contribution in [0.2, 0.25) is 0 Å². The number of rotatable bonds is 3. The number of hydrazine groups is 1. The fourth-order valence-corrected chi connectivity index (χ4v) is 1.92. The maximum atomic E-state index is 11.7. The number of carbonyl (C=O) groups excluding carboxylic acids is 2. The Morgan fingerprint density at radius 2 is 1.67 bits per heavy atom. The number of thiol groups is 1. The van der Waals surface area contributed by atoms with Crippen molar-refractivity contribution in [3.8, 4) is 0 Å². The van der Waals surface area contributed by atoms with Gasteiger partial charge in [-0.2, -0.15) is 12.6 Å². The maximum Gasteiger partial charge on any atom is 0.253 e. The zero-order chi connectivity index (χ0) is 12.3. The summed E-state index contributed by atoms with van der Waals surface area (Å²) in [5, 5.41) is 0. The molecule has 4 nitrogen and oxygen atoms in total. The molecule has 15 heavy (non-hydrogen) atoms. The van der Waals surface area contributed by atoms with Gasteiger partial charge < -0.3 is 0 Å². The summed E-state index contributed by atoms with van der Waals surface area (Å²) in [6.45, 7) is 7.52. The van der Waals surface area contributed by atoms with Crippen molar-refractivity contribution in [1.29, 1.82) is 0 Å². The lowest BCUT2D eigenvalue weighted by Gasteiger charge is -2.30. The molecule has 0 bridgehead atoms. The van der Waals surface area contributed by atoms with E-state index in [0.717, 1.165) is 0 Å². The first-order valence-corrected chi connectivity index (χ1v) is 5.65. The summed E-state index contributed by atoms with van der Waals surface area (Å²) >= 11 is 4.38. The zero-order valence-corrected chi connectivity index (χ0v) is 11.6. The predicted octanol–water partition coefficient (Wildman–Crippen LogP) is 1.73. The van der Waals surface area contributed by atoms with Crippen LogP contribution < -0.4 is 10.9 Å². The monoisotopic (exact) mass is 250 g/mol. The number of hydrogen-bond donors (Lipinski definition) is 3. The highest BCUT2D eigenvalue weighted by Crippen LogP contribution is 2.31. The third-order valence-electron chi connectivity index (χ3n) is 1.79. The van der Waals surface area contributed by atoms with Crippen LogP contribution in [-0.2, 0) is 4.79 Å². The number of hydrogen-bond acceptors (Lipinski definition) is 3. The summed E-state index contributed by atoms with van der Waals surface area (Å²) in [5.74, 6) is -0.222. The van der Waals surface area contributed by atoms with Crippen LogP contribution in [0.4, 0.5) is 4.79 Å². The van der Waals surface area contributed by atoms with Crippen LogP contribution >= 0.6 is 21.9 Å². The lowest BCUT2D eigenvalue weighted by atomic mass is 9.83. The molecule has 0 spiro atoms. The van der Waals surface area contributed by atoms with Crippen molar-refractivity contribution in [2.45, 2.75) is 38.9 Å². The minimum absolute atomic E-state index is 0.222. The zero-order valence-electron chi connectivity index (χ0n) is 9.55. The molecule has 0 rings (SSSR count). The third-order valence-corrected chi connectivity index (χ3v) is 2.09. The van der Waals surface area contributed by atoms with Gasteiger partial charge in [0.2, 0.25) is 5.91 Å². The Hall–Kier alpha value is -0.280. The minimum Gasteiger partial charge on any atom is -0.273 e. The SMILES string of the molecule is CC(C)(S)CC(C)(C)C(=O)NNC(=O)P. The van der Waals surface area contributed by atoms with Crippen molar-refractivity contribution in [1.82, 2.24) is 10.9 Å². The summed E-state index contributed by atoms with van der Waals surface area (Å²) in [4.78, 5) is 22.3. The first-order valence-electron chi connectivity index (χ1n) is 4.63. The third kappa shape index (κ3) is 6.74. The number of nitrogens with one attached hydrogen (secondary N) is 2. The van der Waals surface area contributed by atoms with Crippen LogP contribution in [0, 0.1) is 5.41 Å². The topological polar surface area (TPSA) is 58.2 Å². The summed E-state index contributed by atoms with van der Waals surface area (Å²) in [6, 6.07) is 0. The second-order valence-corrected chi connectivity index (χ2v) is 6.55. The van der Waals surface area contributed by atoms with Crippen LogP contribution in [-0.4, -0.2) is 16.3 Å². The standard InChI is InChI=1S/C9H19N2O2PS/c1-8(2,5-9(3,4)15)6(12)10-11-7(13)14/h15H,5,14H2,1-4H3,(H,10,12)(H,11,13). The molecule has 0 aromatic heterocycles. The van der Waals surface area contributed by atoms with E-state index >= 15 is 0 Å². The largest absolute Gasteiger partial charge is 0.273 e. The van der Waals surface area contributed by atoms with Crippen LogP contribution in [0.5, 0.6) is 0 Å². The molecule has 0 radical (unpaired) electrons. The molecule has 0 aliphatic rings.